The molecule has 0 radical (unpaired) electrons. The van der Waals surface area contributed by atoms with Crippen LogP contribution in [0.3, 0.4) is 0 Å². The van der Waals surface area contributed by atoms with Crippen molar-refractivity contribution in [1.82, 2.24) is 14.7 Å². The number of halogens is 1. The number of hydrogen-bond acceptors (Lipinski definition) is 3. The lowest BCUT2D eigenvalue weighted by molar-refractivity contribution is 0.365. The van der Waals surface area contributed by atoms with Gasteiger partial charge in [0, 0.05) is 18.5 Å². The Morgan fingerprint density at radius 1 is 1.47 bits per heavy atom. The zero-order chi connectivity index (χ0) is 13.0. The summed E-state index contributed by atoms with van der Waals surface area (Å²) in [5.41, 5.74) is 6.94. The first-order valence-electron chi connectivity index (χ1n) is 6.03. The summed E-state index contributed by atoms with van der Waals surface area (Å²) in [5.74, 6) is 0.340. The molecule has 0 aliphatic rings. The Kier molecular flexibility index (Phi) is 5.43. The molecule has 1 rings (SSSR count). The highest BCUT2D eigenvalue weighted by Gasteiger charge is 2.17. The van der Waals surface area contributed by atoms with Gasteiger partial charge in [0.05, 0.1) is 23.5 Å². The van der Waals surface area contributed by atoms with Crippen LogP contribution in [0.4, 0.5) is 0 Å². The predicted molar refractivity (Wildman–Crippen MR) is 72.5 cm³/mol. The number of hydrogen-bond donors (Lipinski definition) is 1. The van der Waals surface area contributed by atoms with Crippen molar-refractivity contribution in [1.29, 1.82) is 0 Å². The molecule has 0 aliphatic carbocycles. The quantitative estimate of drug-likeness (QED) is 0.848. The van der Waals surface area contributed by atoms with Gasteiger partial charge in [-0.15, -0.1) is 0 Å². The van der Waals surface area contributed by atoms with Crippen LogP contribution >= 0.6 is 11.6 Å². The minimum atomic E-state index is 0.179. The van der Waals surface area contributed by atoms with Crippen LogP contribution < -0.4 is 5.73 Å². The lowest BCUT2D eigenvalue weighted by Crippen LogP contribution is -2.23. The maximum absolute atomic E-state index is 6.20. The van der Waals surface area contributed by atoms with Crippen molar-refractivity contribution in [2.75, 3.05) is 20.6 Å². The van der Waals surface area contributed by atoms with Crippen molar-refractivity contribution in [3.8, 4) is 0 Å². The maximum Gasteiger partial charge on any atom is 0.0820 e. The molecule has 0 amide bonds. The zero-order valence-electron chi connectivity index (χ0n) is 11.2. The first kappa shape index (κ1) is 14.5. The van der Waals surface area contributed by atoms with Crippen LogP contribution in [0, 0.1) is 0 Å². The van der Waals surface area contributed by atoms with Crippen LogP contribution in [-0.2, 0) is 6.54 Å². The smallest absolute Gasteiger partial charge is 0.0820 e. The van der Waals surface area contributed by atoms with Crippen molar-refractivity contribution in [2.24, 2.45) is 5.73 Å². The van der Waals surface area contributed by atoms with E-state index < -0.39 is 0 Å². The van der Waals surface area contributed by atoms with E-state index >= 15 is 0 Å². The highest BCUT2D eigenvalue weighted by Crippen LogP contribution is 2.27. The van der Waals surface area contributed by atoms with Crippen LogP contribution in [-0.4, -0.2) is 41.4 Å². The lowest BCUT2D eigenvalue weighted by atomic mass is 10.00. The molecule has 0 saturated heterocycles. The van der Waals surface area contributed by atoms with Crippen LogP contribution in [0.15, 0.2) is 6.20 Å². The highest BCUT2D eigenvalue weighted by molar-refractivity contribution is 6.31. The number of rotatable bonds is 6. The normalized spacial score (nSPS) is 15.2. The van der Waals surface area contributed by atoms with Gasteiger partial charge in [0.2, 0.25) is 0 Å². The zero-order valence-corrected chi connectivity index (χ0v) is 11.9. The van der Waals surface area contributed by atoms with Gasteiger partial charge in [-0.1, -0.05) is 18.5 Å². The molecule has 5 heteroatoms. The Morgan fingerprint density at radius 3 is 2.65 bits per heavy atom. The number of likely N-dealkylation sites (N-methyl/N-ethyl adjacent to an activating group) is 1. The second-order valence-corrected chi connectivity index (χ2v) is 5.43. The maximum atomic E-state index is 6.20. The fourth-order valence-electron chi connectivity index (χ4n) is 2.00. The van der Waals surface area contributed by atoms with E-state index in [2.05, 4.69) is 31.0 Å². The topological polar surface area (TPSA) is 47.1 Å². The Hall–Kier alpha value is -0.580. The molecule has 0 bridgehead atoms. The summed E-state index contributed by atoms with van der Waals surface area (Å²) in [5, 5.41) is 5.08. The van der Waals surface area contributed by atoms with Gasteiger partial charge >= 0.3 is 0 Å². The molecule has 0 fully saturated rings. The number of nitrogens with two attached hydrogens (primary N) is 1. The molecule has 4 nitrogen and oxygen atoms in total. The first-order chi connectivity index (χ1) is 7.91. The van der Waals surface area contributed by atoms with Crippen molar-refractivity contribution >= 4 is 11.6 Å². The van der Waals surface area contributed by atoms with Crippen molar-refractivity contribution < 1.29 is 0 Å². The van der Waals surface area contributed by atoms with Gasteiger partial charge in [0.25, 0.3) is 0 Å². The fraction of sp³-hybridized carbons (Fsp3) is 0.750. The average Bonchev–Trinajstić information content (AvgIpc) is 2.55. The van der Waals surface area contributed by atoms with Crippen LogP contribution in [0.1, 0.15) is 31.9 Å². The highest BCUT2D eigenvalue weighted by atomic mass is 35.5. The molecule has 2 N–H and O–H groups in total. The summed E-state index contributed by atoms with van der Waals surface area (Å²) in [6.07, 6.45) is 2.65. The summed E-state index contributed by atoms with van der Waals surface area (Å²) in [4.78, 5) is 2.13. The van der Waals surface area contributed by atoms with Crippen molar-refractivity contribution in [3.05, 3.63) is 16.9 Å². The Bertz CT molecular complexity index is 346. The molecule has 17 heavy (non-hydrogen) atoms. The number of nitrogens with zero attached hydrogens (tertiary/aromatic N) is 3. The molecule has 2 unspecified atom stereocenters. The summed E-state index contributed by atoms with van der Waals surface area (Å²) in [7, 11) is 4.10. The molecular weight excluding hydrogens is 236 g/mol. The monoisotopic (exact) mass is 258 g/mol. The Labute approximate surface area is 109 Å². The Morgan fingerprint density at radius 2 is 2.12 bits per heavy atom. The van der Waals surface area contributed by atoms with Gasteiger partial charge in [0.15, 0.2) is 0 Å². The minimum absolute atomic E-state index is 0.179. The Balaban J connectivity index is 2.78. The van der Waals surface area contributed by atoms with Crippen LogP contribution in [0.2, 0.25) is 5.02 Å². The summed E-state index contributed by atoms with van der Waals surface area (Å²) >= 11 is 6.20. The van der Waals surface area contributed by atoms with Crippen molar-refractivity contribution in [3.63, 3.8) is 0 Å². The second-order valence-electron chi connectivity index (χ2n) is 5.02. The molecule has 1 aromatic heterocycles. The van der Waals surface area contributed by atoms with E-state index in [4.69, 9.17) is 17.3 Å². The second kappa shape index (κ2) is 6.38. The third-order valence-electron chi connectivity index (χ3n) is 2.78. The van der Waals surface area contributed by atoms with Gasteiger partial charge in [-0.05, 0) is 27.4 Å². The van der Waals surface area contributed by atoms with Crippen LogP contribution in [0.25, 0.3) is 0 Å². The predicted octanol–water partition coefficient (Wildman–Crippen LogP) is 1.94. The fourth-order valence-corrected chi connectivity index (χ4v) is 2.33. The van der Waals surface area contributed by atoms with E-state index in [1.165, 1.54) is 0 Å². The van der Waals surface area contributed by atoms with E-state index in [0.29, 0.717) is 5.92 Å². The molecule has 0 saturated carbocycles. The van der Waals surface area contributed by atoms with Gasteiger partial charge in [-0.3, -0.25) is 4.68 Å². The largest absolute Gasteiger partial charge is 0.328 e. The summed E-state index contributed by atoms with van der Waals surface area (Å²) in [6, 6.07) is 0.179. The van der Waals surface area contributed by atoms with E-state index in [-0.39, 0.29) is 6.04 Å². The molecule has 0 aromatic carbocycles. The average molecular weight is 259 g/mol. The lowest BCUT2D eigenvalue weighted by Gasteiger charge is -2.18. The molecule has 2 atom stereocenters. The summed E-state index contributed by atoms with van der Waals surface area (Å²) in [6.45, 7) is 5.98. The molecule has 1 aromatic rings. The summed E-state index contributed by atoms with van der Waals surface area (Å²) < 4.78 is 2.00. The van der Waals surface area contributed by atoms with E-state index in [1.807, 2.05) is 11.6 Å². The van der Waals surface area contributed by atoms with Gasteiger partial charge < -0.3 is 10.6 Å². The van der Waals surface area contributed by atoms with Gasteiger partial charge in [-0.2, -0.15) is 5.10 Å². The van der Waals surface area contributed by atoms with E-state index in [1.54, 1.807) is 6.20 Å². The first-order valence-corrected chi connectivity index (χ1v) is 6.41. The van der Waals surface area contributed by atoms with Gasteiger partial charge in [0.1, 0.15) is 0 Å². The molecule has 0 spiro atoms. The third kappa shape index (κ3) is 4.30. The molecule has 1 heterocycles. The minimum Gasteiger partial charge on any atom is -0.328 e. The van der Waals surface area contributed by atoms with Gasteiger partial charge in [-0.25, -0.2) is 0 Å². The molecule has 98 valence electrons. The number of aromatic nitrogens is 2. The SMILES string of the molecule is CC(N)CC(C)c1c(Cl)cnn1CCN(C)C. The van der Waals surface area contributed by atoms with Crippen molar-refractivity contribution in [2.45, 2.75) is 38.8 Å². The standard InChI is InChI=1S/C12H23ClN4/c1-9(7-10(2)14)12-11(13)8-15-17(12)6-5-16(3)4/h8-10H,5-7,14H2,1-4H3. The van der Waals surface area contributed by atoms with Crippen LogP contribution in [0.5, 0.6) is 0 Å². The van der Waals surface area contributed by atoms with E-state index in [0.717, 1.165) is 30.2 Å². The van der Waals surface area contributed by atoms with E-state index in [9.17, 15) is 0 Å². The molecular formula is C12H23ClN4. The molecule has 0 aliphatic heterocycles. The third-order valence-corrected chi connectivity index (χ3v) is 3.08.